The Balaban J connectivity index is 2.42. The third-order valence-electron chi connectivity index (χ3n) is 2.38. The molecule has 2 N–H and O–H groups in total. The molecule has 2 aromatic rings. The smallest absolute Gasteiger partial charge is 0.0643 e. The van der Waals surface area contributed by atoms with E-state index < -0.39 is 0 Å². The summed E-state index contributed by atoms with van der Waals surface area (Å²) in [6.45, 7) is 0. The van der Waals surface area contributed by atoms with Crippen molar-refractivity contribution in [2.24, 2.45) is 5.73 Å². The number of halogens is 2. The van der Waals surface area contributed by atoms with Gasteiger partial charge in [-0.2, -0.15) is 0 Å². The predicted molar refractivity (Wildman–Crippen MR) is 66.7 cm³/mol. The van der Waals surface area contributed by atoms with E-state index in [0.717, 1.165) is 11.1 Å². The molecule has 0 amide bonds. The number of pyridine rings is 1. The Kier molecular flexibility index (Phi) is 3.44. The second-order valence-corrected chi connectivity index (χ2v) is 4.19. The summed E-state index contributed by atoms with van der Waals surface area (Å²) in [4.78, 5) is 3.95. The highest BCUT2D eigenvalue weighted by atomic mass is 35.5. The molecule has 4 heteroatoms. The lowest BCUT2D eigenvalue weighted by Gasteiger charge is -2.14. The Labute approximate surface area is 104 Å². The van der Waals surface area contributed by atoms with Crippen LogP contribution in [0.5, 0.6) is 0 Å². The van der Waals surface area contributed by atoms with Gasteiger partial charge in [0, 0.05) is 12.4 Å². The average molecular weight is 253 g/mol. The van der Waals surface area contributed by atoms with Crippen LogP contribution < -0.4 is 5.73 Å². The lowest BCUT2D eigenvalue weighted by atomic mass is 10.0. The quantitative estimate of drug-likeness (QED) is 0.890. The maximum atomic E-state index is 6.12. The minimum absolute atomic E-state index is 0.283. The van der Waals surface area contributed by atoms with Crippen molar-refractivity contribution in [2.45, 2.75) is 6.04 Å². The van der Waals surface area contributed by atoms with Crippen molar-refractivity contribution in [1.82, 2.24) is 4.98 Å². The van der Waals surface area contributed by atoms with Gasteiger partial charge in [0.1, 0.15) is 0 Å². The number of hydrogen-bond donors (Lipinski definition) is 1. The van der Waals surface area contributed by atoms with Crippen molar-refractivity contribution >= 4 is 23.2 Å². The second kappa shape index (κ2) is 4.83. The van der Waals surface area contributed by atoms with Gasteiger partial charge < -0.3 is 5.73 Å². The SMILES string of the molecule is NC(c1ccncc1)c1cccc(Cl)c1Cl. The van der Waals surface area contributed by atoms with Gasteiger partial charge in [-0.15, -0.1) is 0 Å². The van der Waals surface area contributed by atoms with E-state index in [1.165, 1.54) is 0 Å². The largest absolute Gasteiger partial charge is 0.320 e. The van der Waals surface area contributed by atoms with Gasteiger partial charge in [0.2, 0.25) is 0 Å². The van der Waals surface area contributed by atoms with Crippen molar-refractivity contribution in [1.29, 1.82) is 0 Å². The van der Waals surface area contributed by atoms with Gasteiger partial charge in [-0.05, 0) is 29.3 Å². The first-order valence-corrected chi connectivity index (χ1v) is 5.55. The van der Waals surface area contributed by atoms with Gasteiger partial charge in [-0.1, -0.05) is 35.3 Å². The molecule has 82 valence electrons. The van der Waals surface area contributed by atoms with Crippen molar-refractivity contribution in [3.8, 4) is 0 Å². The normalized spacial score (nSPS) is 12.4. The van der Waals surface area contributed by atoms with E-state index in [1.54, 1.807) is 18.5 Å². The van der Waals surface area contributed by atoms with Crippen LogP contribution in [-0.2, 0) is 0 Å². The zero-order valence-electron chi connectivity index (χ0n) is 8.40. The van der Waals surface area contributed by atoms with Crippen molar-refractivity contribution in [3.05, 3.63) is 63.9 Å². The van der Waals surface area contributed by atoms with Gasteiger partial charge in [-0.3, -0.25) is 4.98 Å². The summed E-state index contributed by atoms with van der Waals surface area (Å²) in [6.07, 6.45) is 3.40. The Bertz CT molecular complexity index is 486. The molecule has 0 spiro atoms. The maximum absolute atomic E-state index is 6.12. The van der Waals surface area contributed by atoms with Crippen LogP contribution in [0.3, 0.4) is 0 Å². The lowest BCUT2D eigenvalue weighted by Crippen LogP contribution is -2.12. The Morgan fingerprint density at radius 1 is 1.06 bits per heavy atom. The number of aromatic nitrogens is 1. The van der Waals surface area contributed by atoms with E-state index >= 15 is 0 Å². The highest BCUT2D eigenvalue weighted by Gasteiger charge is 2.13. The molecule has 0 aliphatic carbocycles. The van der Waals surface area contributed by atoms with Crippen molar-refractivity contribution in [3.63, 3.8) is 0 Å². The lowest BCUT2D eigenvalue weighted by molar-refractivity contribution is 0.868. The summed E-state index contributed by atoms with van der Waals surface area (Å²) in [7, 11) is 0. The van der Waals surface area contributed by atoms with Crippen LogP contribution in [0, 0.1) is 0 Å². The highest BCUT2D eigenvalue weighted by molar-refractivity contribution is 6.42. The Morgan fingerprint density at radius 2 is 1.75 bits per heavy atom. The van der Waals surface area contributed by atoms with Crippen LogP contribution in [0.2, 0.25) is 10.0 Å². The van der Waals surface area contributed by atoms with Crippen LogP contribution in [0.15, 0.2) is 42.7 Å². The number of benzene rings is 1. The van der Waals surface area contributed by atoms with Gasteiger partial charge in [0.15, 0.2) is 0 Å². The predicted octanol–water partition coefficient (Wildman–Crippen LogP) is 3.44. The summed E-state index contributed by atoms with van der Waals surface area (Å²) in [5, 5.41) is 1.03. The van der Waals surface area contributed by atoms with E-state index in [4.69, 9.17) is 28.9 Å². The molecule has 1 atom stereocenters. The van der Waals surface area contributed by atoms with E-state index in [0.29, 0.717) is 10.0 Å². The number of nitrogens with two attached hydrogens (primary N) is 1. The van der Waals surface area contributed by atoms with Gasteiger partial charge in [0.25, 0.3) is 0 Å². The van der Waals surface area contributed by atoms with Gasteiger partial charge in [0.05, 0.1) is 16.1 Å². The molecule has 0 radical (unpaired) electrons. The molecule has 16 heavy (non-hydrogen) atoms. The third kappa shape index (κ3) is 2.19. The first-order valence-electron chi connectivity index (χ1n) is 4.79. The second-order valence-electron chi connectivity index (χ2n) is 3.40. The number of rotatable bonds is 2. The van der Waals surface area contributed by atoms with Crippen molar-refractivity contribution < 1.29 is 0 Å². The summed E-state index contributed by atoms with van der Waals surface area (Å²) >= 11 is 12.1. The van der Waals surface area contributed by atoms with Gasteiger partial charge in [-0.25, -0.2) is 0 Å². The summed E-state index contributed by atoms with van der Waals surface area (Å²) in [6, 6.07) is 8.90. The van der Waals surface area contributed by atoms with Crippen LogP contribution in [0.25, 0.3) is 0 Å². The molecule has 0 aliphatic rings. The summed E-state index contributed by atoms with van der Waals surface area (Å²) < 4.78 is 0. The summed E-state index contributed by atoms with van der Waals surface area (Å²) in [5.74, 6) is 0. The molecule has 2 rings (SSSR count). The molecule has 1 heterocycles. The molecule has 0 fully saturated rings. The standard InChI is InChI=1S/C12H10Cl2N2/c13-10-3-1-2-9(11(10)14)12(15)8-4-6-16-7-5-8/h1-7,12H,15H2. The molecule has 0 bridgehead atoms. The first kappa shape index (κ1) is 11.4. The third-order valence-corrected chi connectivity index (χ3v) is 3.22. The van der Waals surface area contributed by atoms with Crippen molar-refractivity contribution in [2.75, 3.05) is 0 Å². The molecule has 2 nitrogen and oxygen atoms in total. The Hall–Kier alpha value is -1.09. The molecule has 0 saturated heterocycles. The molecular weight excluding hydrogens is 243 g/mol. The fourth-order valence-electron chi connectivity index (χ4n) is 1.51. The first-order chi connectivity index (χ1) is 7.70. The molecule has 1 unspecified atom stereocenters. The molecule has 0 saturated carbocycles. The fraction of sp³-hybridized carbons (Fsp3) is 0.0833. The molecule has 1 aromatic heterocycles. The van der Waals surface area contributed by atoms with Gasteiger partial charge >= 0.3 is 0 Å². The Morgan fingerprint density at radius 3 is 2.44 bits per heavy atom. The molecule has 0 aliphatic heterocycles. The van der Waals surface area contributed by atoms with Crippen LogP contribution >= 0.6 is 23.2 Å². The van der Waals surface area contributed by atoms with Crippen LogP contribution in [0.1, 0.15) is 17.2 Å². The zero-order valence-corrected chi connectivity index (χ0v) is 9.91. The minimum Gasteiger partial charge on any atom is -0.320 e. The van der Waals surface area contributed by atoms with E-state index in [9.17, 15) is 0 Å². The highest BCUT2D eigenvalue weighted by Crippen LogP contribution is 2.31. The summed E-state index contributed by atoms with van der Waals surface area (Å²) in [5.41, 5.74) is 7.89. The monoisotopic (exact) mass is 252 g/mol. The molecule has 1 aromatic carbocycles. The van der Waals surface area contributed by atoms with E-state index in [-0.39, 0.29) is 6.04 Å². The van der Waals surface area contributed by atoms with Crippen LogP contribution in [-0.4, -0.2) is 4.98 Å². The topological polar surface area (TPSA) is 38.9 Å². The maximum Gasteiger partial charge on any atom is 0.0643 e. The van der Waals surface area contributed by atoms with E-state index in [1.807, 2.05) is 24.3 Å². The number of nitrogens with zero attached hydrogens (tertiary/aromatic N) is 1. The van der Waals surface area contributed by atoms with E-state index in [2.05, 4.69) is 4.98 Å². The minimum atomic E-state index is -0.283. The molecular formula is C12H10Cl2N2. The zero-order chi connectivity index (χ0) is 11.5. The fourth-order valence-corrected chi connectivity index (χ4v) is 1.94. The average Bonchev–Trinajstić information content (AvgIpc) is 2.33. The number of hydrogen-bond acceptors (Lipinski definition) is 2. The van der Waals surface area contributed by atoms with Crippen LogP contribution in [0.4, 0.5) is 0 Å².